The normalized spacial score (nSPS) is 28.6. The first-order valence-electron chi connectivity index (χ1n) is 10.8. The van der Waals surface area contributed by atoms with Gasteiger partial charge in [0.2, 0.25) is 10.9 Å². The van der Waals surface area contributed by atoms with Crippen LogP contribution in [-0.4, -0.2) is 79.9 Å². The van der Waals surface area contributed by atoms with E-state index in [2.05, 4.69) is 30.1 Å². The number of carbonyl (C=O) groups is 1. The topological polar surface area (TPSA) is 207 Å². The van der Waals surface area contributed by atoms with Gasteiger partial charge in [-0.25, -0.2) is 14.8 Å². The summed E-state index contributed by atoms with van der Waals surface area (Å²) in [7, 11) is 0. The van der Waals surface area contributed by atoms with Crippen molar-refractivity contribution in [1.82, 2.24) is 34.7 Å². The molecule has 186 valence electrons. The Morgan fingerprint density at radius 3 is 2.72 bits per heavy atom. The van der Waals surface area contributed by atoms with E-state index in [4.69, 9.17) is 26.8 Å². The third-order valence-corrected chi connectivity index (χ3v) is 6.72. The van der Waals surface area contributed by atoms with E-state index in [-0.39, 0.29) is 34.5 Å². The van der Waals surface area contributed by atoms with Crippen molar-refractivity contribution >= 4 is 34.6 Å². The maximum atomic E-state index is 12.6. The number of ether oxygens (including phenoxy) is 2. The zero-order chi connectivity index (χ0) is 25.2. The Balaban J connectivity index is 1.31. The van der Waals surface area contributed by atoms with Gasteiger partial charge in [0.1, 0.15) is 30.2 Å². The lowest BCUT2D eigenvalue weighted by Gasteiger charge is -2.30. The first kappa shape index (κ1) is 22.8. The van der Waals surface area contributed by atoms with Crippen LogP contribution in [0.5, 0.6) is 0 Å². The Kier molecular flexibility index (Phi) is 5.00. The quantitative estimate of drug-likeness (QED) is 0.203. The number of nitrogens with one attached hydrogen (secondary N) is 1. The number of carboxylic acid groups (broad SMARTS) is 1. The molecule has 6 N–H and O–H groups in total. The van der Waals surface area contributed by atoms with Crippen LogP contribution in [-0.2, 0) is 26.3 Å². The second-order valence-electron chi connectivity index (χ2n) is 8.64. The summed E-state index contributed by atoms with van der Waals surface area (Å²) in [6.45, 7) is 0. The number of nitrogens with two attached hydrogens (primary N) is 1. The first-order chi connectivity index (χ1) is 17.3. The summed E-state index contributed by atoms with van der Waals surface area (Å²) in [4.78, 5) is 28.7. The van der Waals surface area contributed by atoms with Crippen molar-refractivity contribution in [3.63, 3.8) is 0 Å². The molecule has 2 aliphatic rings. The van der Waals surface area contributed by atoms with Crippen molar-refractivity contribution in [2.24, 2.45) is 0 Å². The number of nitrogens with zero attached hydrogens (tertiary/aromatic N) is 6. The summed E-state index contributed by atoms with van der Waals surface area (Å²) in [5, 5.41) is 38.9. The predicted octanol–water partition coefficient (Wildman–Crippen LogP) is -0.209. The zero-order valence-corrected chi connectivity index (χ0v) is 19.0. The van der Waals surface area contributed by atoms with Crippen molar-refractivity contribution in [3.8, 4) is 0 Å². The number of H-pyrrole nitrogens is 1. The minimum Gasteiger partial charge on any atom is -0.479 e. The number of hydrogen-bond acceptors (Lipinski definition) is 11. The van der Waals surface area contributed by atoms with Crippen molar-refractivity contribution in [1.29, 1.82) is 0 Å². The van der Waals surface area contributed by atoms with E-state index < -0.39 is 41.7 Å². The molecule has 0 amide bonds. The largest absolute Gasteiger partial charge is 0.479 e. The van der Waals surface area contributed by atoms with Crippen LogP contribution in [0.25, 0.3) is 11.2 Å². The molecule has 0 bridgehead atoms. The number of imidazole rings is 1. The van der Waals surface area contributed by atoms with Crippen LogP contribution in [0.3, 0.4) is 0 Å². The number of rotatable bonds is 7. The number of aliphatic hydroxyl groups is 2. The van der Waals surface area contributed by atoms with Gasteiger partial charge in [-0.05, 0) is 17.2 Å². The highest BCUT2D eigenvalue weighted by molar-refractivity contribution is 6.28. The molecule has 1 aliphatic carbocycles. The van der Waals surface area contributed by atoms with Crippen LogP contribution in [0.1, 0.15) is 17.6 Å². The number of aliphatic hydroxyl groups excluding tert-OH is 1. The molecule has 36 heavy (non-hydrogen) atoms. The molecule has 0 spiro atoms. The third kappa shape index (κ3) is 3.19. The molecule has 6 rings (SSSR count). The van der Waals surface area contributed by atoms with Gasteiger partial charge in [0.05, 0.1) is 6.33 Å². The summed E-state index contributed by atoms with van der Waals surface area (Å²) in [5.41, 5.74) is 2.93. The third-order valence-electron chi connectivity index (χ3n) is 6.55. The number of halogens is 1. The van der Waals surface area contributed by atoms with E-state index in [0.717, 1.165) is 0 Å². The van der Waals surface area contributed by atoms with Gasteiger partial charge in [0.25, 0.3) is 0 Å². The Bertz CT molecular complexity index is 1450. The fraction of sp³-hybridized carbons (Fsp3) is 0.333. The molecule has 0 unspecified atom stereocenters. The van der Waals surface area contributed by atoms with Crippen LogP contribution in [0.15, 0.2) is 43.0 Å². The monoisotopic (exact) mass is 514 g/mol. The molecule has 1 saturated carbocycles. The Labute approximate surface area is 206 Å². The van der Waals surface area contributed by atoms with Crippen LogP contribution >= 0.6 is 11.6 Å². The van der Waals surface area contributed by atoms with E-state index in [9.17, 15) is 20.1 Å². The number of benzene rings is 1. The van der Waals surface area contributed by atoms with Gasteiger partial charge in [0.15, 0.2) is 29.1 Å². The number of aliphatic carboxylic acids is 1. The van der Waals surface area contributed by atoms with Crippen LogP contribution in [0.4, 0.5) is 5.82 Å². The zero-order valence-electron chi connectivity index (χ0n) is 18.3. The van der Waals surface area contributed by atoms with E-state index in [1.54, 1.807) is 30.3 Å². The number of nitrogen functional groups attached to an aromatic ring is 1. The molecule has 0 radical (unpaired) electrons. The van der Waals surface area contributed by atoms with E-state index in [1.165, 1.54) is 17.2 Å². The van der Waals surface area contributed by atoms with Crippen molar-refractivity contribution < 1.29 is 29.6 Å². The second kappa shape index (κ2) is 7.91. The molecule has 3 aromatic heterocycles. The number of aromatic amines is 1. The summed E-state index contributed by atoms with van der Waals surface area (Å²) in [6.07, 6.45) is -2.48. The van der Waals surface area contributed by atoms with Gasteiger partial charge >= 0.3 is 5.97 Å². The Morgan fingerprint density at radius 1 is 1.31 bits per heavy atom. The molecule has 14 nitrogen and oxygen atoms in total. The molecule has 15 heteroatoms. The molecule has 1 aromatic carbocycles. The smallest absolute Gasteiger partial charge is 0.344 e. The maximum absolute atomic E-state index is 12.6. The first-order valence-corrected chi connectivity index (χ1v) is 11.2. The Hall–Kier alpha value is -3.69. The summed E-state index contributed by atoms with van der Waals surface area (Å²) >= 11 is 5.92. The minimum absolute atomic E-state index is 0.0416. The molecule has 1 saturated heterocycles. The summed E-state index contributed by atoms with van der Waals surface area (Å²) in [6, 6.07) is 8.79. The van der Waals surface area contributed by atoms with Crippen molar-refractivity contribution in [3.05, 3.63) is 59.7 Å². The van der Waals surface area contributed by atoms with Gasteiger partial charge in [-0.1, -0.05) is 30.3 Å². The van der Waals surface area contributed by atoms with E-state index >= 15 is 0 Å². The van der Waals surface area contributed by atoms with Gasteiger partial charge in [-0.2, -0.15) is 15.1 Å². The van der Waals surface area contributed by atoms with Crippen LogP contribution in [0.2, 0.25) is 5.28 Å². The van der Waals surface area contributed by atoms with Gasteiger partial charge < -0.3 is 30.5 Å². The predicted molar refractivity (Wildman–Crippen MR) is 120 cm³/mol. The molecule has 6 atom stereocenters. The second-order valence-corrected chi connectivity index (χ2v) is 8.98. The highest BCUT2D eigenvalue weighted by Crippen LogP contribution is 2.57. The molecule has 1 aliphatic heterocycles. The molecule has 4 aromatic rings. The van der Waals surface area contributed by atoms with Gasteiger partial charge in [-0.3, -0.25) is 9.67 Å². The van der Waals surface area contributed by atoms with Gasteiger partial charge in [-0.15, -0.1) is 0 Å². The fourth-order valence-corrected chi connectivity index (χ4v) is 4.84. The number of fused-ring (bicyclic) bond motifs is 2. The van der Waals surface area contributed by atoms with Crippen molar-refractivity contribution in [2.45, 2.75) is 42.2 Å². The molecular weight excluding hydrogens is 496 g/mol. The molecule has 2 fully saturated rings. The van der Waals surface area contributed by atoms with Gasteiger partial charge in [0, 0.05) is 6.42 Å². The Morgan fingerprint density at radius 2 is 2.08 bits per heavy atom. The SMILES string of the molecule is Nc1nc(Cl)nc2c1ncn2[C@@H]1O[C@@H]2[C@H](O[C@](Cc3ccccc3)(C(=O)O)c3nc[nH]n3)[C@]2(O)[C@H]1O. The van der Waals surface area contributed by atoms with Crippen molar-refractivity contribution in [2.75, 3.05) is 5.73 Å². The fourth-order valence-electron chi connectivity index (χ4n) is 4.67. The minimum atomic E-state index is -2.07. The lowest BCUT2D eigenvalue weighted by molar-refractivity contribution is -0.187. The average Bonchev–Trinajstić information content (AvgIpc) is 3.35. The maximum Gasteiger partial charge on any atom is 0.344 e. The highest BCUT2D eigenvalue weighted by atomic mass is 35.5. The standard InChI is InChI=1S/C21H19ClN8O6/c22-19-27-14(23)10-15(28-19)30(8-25-10)16-11(31)21(34)12(35-16)13(21)36-20(18(32)33,17-24-7-26-29-17)6-9-4-2-1-3-5-9/h1-5,7-8,11-13,16,31,34H,6H2,(H,32,33)(H2,23,27,28)(H,24,26,29)/t11-,12+,13-,16+,20-,21-/m0/s1. The highest BCUT2D eigenvalue weighted by Gasteiger charge is 2.79. The number of hydrogen-bond donors (Lipinski definition) is 5. The van der Waals surface area contributed by atoms with Crippen LogP contribution < -0.4 is 5.73 Å². The number of carboxylic acids is 1. The number of aromatic nitrogens is 7. The average molecular weight is 515 g/mol. The lowest BCUT2D eigenvalue weighted by Crippen LogP contribution is -2.46. The molecule has 4 heterocycles. The number of anilines is 1. The molecular formula is C21H19ClN8O6. The van der Waals surface area contributed by atoms with E-state index in [1.807, 2.05) is 0 Å². The van der Waals surface area contributed by atoms with E-state index in [0.29, 0.717) is 5.56 Å². The summed E-state index contributed by atoms with van der Waals surface area (Å²) < 4.78 is 13.3. The summed E-state index contributed by atoms with van der Waals surface area (Å²) in [5.74, 6) is -1.46. The lowest BCUT2D eigenvalue weighted by atomic mass is 9.93. The van der Waals surface area contributed by atoms with Crippen LogP contribution in [0, 0.1) is 0 Å².